The van der Waals surface area contributed by atoms with Crippen LogP contribution in [0.3, 0.4) is 0 Å². The second-order valence-corrected chi connectivity index (χ2v) is 6.10. The van der Waals surface area contributed by atoms with Crippen LogP contribution in [-0.2, 0) is 0 Å². The minimum absolute atomic E-state index is 0.334. The third-order valence-corrected chi connectivity index (χ3v) is 4.24. The molecular formula is C21H16ClNO3. The number of hydrogen-bond acceptors (Lipinski definition) is 3. The van der Waals surface area contributed by atoms with Crippen LogP contribution in [0.4, 0.5) is 5.69 Å². The summed E-state index contributed by atoms with van der Waals surface area (Å²) in [6.45, 7) is 0. The third-order valence-electron chi connectivity index (χ3n) is 3.91. The molecule has 3 rings (SSSR count). The Morgan fingerprint density at radius 1 is 0.846 bits per heavy atom. The monoisotopic (exact) mass is 365 g/mol. The Balaban J connectivity index is 1.71. The van der Waals surface area contributed by atoms with Gasteiger partial charge in [-0.25, -0.2) is 0 Å². The van der Waals surface area contributed by atoms with E-state index >= 15 is 0 Å². The van der Waals surface area contributed by atoms with Gasteiger partial charge in [-0.05, 0) is 42.0 Å². The van der Waals surface area contributed by atoms with E-state index in [1.165, 1.54) is 0 Å². The van der Waals surface area contributed by atoms with Crippen LogP contribution in [0.15, 0.2) is 78.9 Å². The first-order valence-electron chi connectivity index (χ1n) is 7.99. The summed E-state index contributed by atoms with van der Waals surface area (Å²) in [5.41, 5.74) is 1.79. The van der Waals surface area contributed by atoms with Crippen molar-refractivity contribution in [3.63, 3.8) is 0 Å². The Kier molecular flexibility index (Phi) is 5.46. The van der Waals surface area contributed by atoms with Gasteiger partial charge in [0.2, 0.25) is 0 Å². The molecule has 1 unspecified atom stereocenters. The van der Waals surface area contributed by atoms with Crippen molar-refractivity contribution in [3.05, 3.63) is 101 Å². The lowest BCUT2D eigenvalue weighted by atomic mass is 10.00. The highest BCUT2D eigenvalue weighted by atomic mass is 35.5. The molecule has 0 aliphatic carbocycles. The van der Waals surface area contributed by atoms with Crippen LogP contribution in [0.2, 0.25) is 5.02 Å². The Morgan fingerprint density at radius 2 is 1.46 bits per heavy atom. The quantitative estimate of drug-likeness (QED) is 0.654. The second-order valence-electron chi connectivity index (χ2n) is 5.69. The minimum atomic E-state index is -1.22. The summed E-state index contributed by atoms with van der Waals surface area (Å²) in [4.78, 5) is 24.6. The lowest BCUT2D eigenvalue weighted by molar-refractivity contribution is 0.0747. The summed E-state index contributed by atoms with van der Waals surface area (Å²) in [6, 6.07) is 21.8. The molecule has 0 radical (unpaired) electrons. The zero-order valence-corrected chi connectivity index (χ0v) is 14.5. The van der Waals surface area contributed by atoms with Crippen molar-refractivity contribution in [3.8, 4) is 0 Å². The number of Topliss-reactive ketones (excluding diaryl/α,β-unsaturated/α-hetero) is 1. The highest BCUT2D eigenvalue weighted by Gasteiger charge is 2.19. The van der Waals surface area contributed by atoms with E-state index in [4.69, 9.17) is 11.6 Å². The van der Waals surface area contributed by atoms with Crippen molar-refractivity contribution in [1.29, 1.82) is 0 Å². The van der Waals surface area contributed by atoms with E-state index in [2.05, 4.69) is 5.32 Å². The van der Waals surface area contributed by atoms with E-state index in [1.54, 1.807) is 72.8 Å². The van der Waals surface area contributed by atoms with Crippen molar-refractivity contribution in [1.82, 2.24) is 0 Å². The van der Waals surface area contributed by atoms with Crippen molar-refractivity contribution < 1.29 is 14.7 Å². The van der Waals surface area contributed by atoms with E-state index in [1.807, 2.05) is 6.07 Å². The highest BCUT2D eigenvalue weighted by molar-refractivity contribution is 6.34. The van der Waals surface area contributed by atoms with Crippen LogP contribution in [0, 0.1) is 0 Å². The van der Waals surface area contributed by atoms with Crippen LogP contribution in [0.25, 0.3) is 0 Å². The summed E-state index contributed by atoms with van der Waals surface area (Å²) in [5, 5.41) is 13.3. The summed E-state index contributed by atoms with van der Waals surface area (Å²) in [5.74, 6) is -0.737. The van der Waals surface area contributed by atoms with Crippen LogP contribution < -0.4 is 5.32 Å². The summed E-state index contributed by atoms with van der Waals surface area (Å²) in [7, 11) is 0. The predicted octanol–water partition coefficient (Wildman–Crippen LogP) is 4.51. The number of hydrogen-bond donors (Lipinski definition) is 2. The molecule has 0 aliphatic rings. The molecule has 0 fully saturated rings. The van der Waals surface area contributed by atoms with Gasteiger partial charge in [0.05, 0.1) is 10.6 Å². The Labute approximate surface area is 156 Å². The maximum atomic E-state index is 12.4. The molecule has 1 atom stereocenters. The van der Waals surface area contributed by atoms with Crippen molar-refractivity contribution in [2.24, 2.45) is 0 Å². The van der Waals surface area contributed by atoms with E-state index in [0.717, 1.165) is 0 Å². The number of aliphatic hydroxyl groups is 1. The van der Waals surface area contributed by atoms with Crippen molar-refractivity contribution in [2.45, 2.75) is 6.10 Å². The molecule has 3 aromatic rings. The molecule has 0 heterocycles. The molecule has 0 bridgehead atoms. The fourth-order valence-corrected chi connectivity index (χ4v) is 2.73. The van der Waals surface area contributed by atoms with Gasteiger partial charge < -0.3 is 10.4 Å². The lowest BCUT2D eigenvalue weighted by Crippen LogP contribution is -2.14. The van der Waals surface area contributed by atoms with Crippen molar-refractivity contribution in [2.75, 3.05) is 5.32 Å². The normalized spacial score (nSPS) is 11.6. The largest absolute Gasteiger partial charge is 0.380 e. The molecule has 4 nitrogen and oxygen atoms in total. The maximum absolute atomic E-state index is 12.4. The molecule has 1 amide bonds. The summed E-state index contributed by atoms with van der Waals surface area (Å²) in [6.07, 6.45) is -1.22. The molecule has 5 heteroatoms. The van der Waals surface area contributed by atoms with Crippen LogP contribution in [0.5, 0.6) is 0 Å². The smallest absolute Gasteiger partial charge is 0.257 e. The fraction of sp³-hybridized carbons (Fsp3) is 0.0476. The third kappa shape index (κ3) is 3.99. The van der Waals surface area contributed by atoms with Gasteiger partial charge in [-0.2, -0.15) is 0 Å². The zero-order chi connectivity index (χ0) is 18.5. The second kappa shape index (κ2) is 7.95. The van der Waals surface area contributed by atoms with Gasteiger partial charge in [-0.15, -0.1) is 0 Å². The fourth-order valence-electron chi connectivity index (χ4n) is 2.51. The Bertz CT molecular complexity index is 924. The summed E-state index contributed by atoms with van der Waals surface area (Å²) < 4.78 is 0. The number of halogens is 1. The number of anilines is 1. The highest BCUT2D eigenvalue weighted by Crippen LogP contribution is 2.21. The number of amides is 1. The molecule has 0 aromatic heterocycles. The Hall–Kier alpha value is -2.95. The lowest BCUT2D eigenvalue weighted by Gasteiger charge is -2.11. The topological polar surface area (TPSA) is 66.4 Å². The minimum Gasteiger partial charge on any atom is -0.380 e. The number of carbonyl (C=O) groups is 2. The van der Waals surface area contributed by atoms with Gasteiger partial charge in [-0.3, -0.25) is 9.59 Å². The van der Waals surface area contributed by atoms with Gasteiger partial charge >= 0.3 is 0 Å². The van der Waals surface area contributed by atoms with E-state index in [9.17, 15) is 14.7 Å². The average Bonchev–Trinajstić information content (AvgIpc) is 2.68. The Morgan fingerprint density at radius 3 is 2.12 bits per heavy atom. The van der Waals surface area contributed by atoms with Gasteiger partial charge in [0, 0.05) is 11.3 Å². The molecule has 0 aliphatic heterocycles. The SMILES string of the molecule is O=C(Nc1ccc(C(=O)C(O)c2ccccc2)cc1)c1ccccc1Cl. The molecule has 0 spiro atoms. The van der Waals surface area contributed by atoms with E-state index < -0.39 is 11.9 Å². The first-order chi connectivity index (χ1) is 12.6. The summed E-state index contributed by atoms with van der Waals surface area (Å²) >= 11 is 6.01. The molecular weight excluding hydrogens is 350 g/mol. The molecule has 3 aromatic carbocycles. The molecule has 0 saturated heterocycles. The van der Waals surface area contributed by atoms with Crippen molar-refractivity contribution >= 4 is 29.0 Å². The standard InChI is InChI=1S/C21H16ClNO3/c22-18-9-5-4-8-17(18)21(26)23-16-12-10-15(11-13-16)20(25)19(24)14-6-2-1-3-7-14/h1-13,19,24H,(H,23,26). The zero-order valence-electron chi connectivity index (χ0n) is 13.7. The van der Waals surface area contributed by atoms with Crippen LogP contribution in [0.1, 0.15) is 32.4 Å². The van der Waals surface area contributed by atoms with E-state index in [0.29, 0.717) is 27.4 Å². The predicted molar refractivity (Wildman–Crippen MR) is 102 cm³/mol. The average molecular weight is 366 g/mol. The van der Waals surface area contributed by atoms with Crippen LogP contribution >= 0.6 is 11.6 Å². The first-order valence-corrected chi connectivity index (χ1v) is 8.37. The van der Waals surface area contributed by atoms with Gasteiger partial charge in [0.1, 0.15) is 6.10 Å². The number of nitrogens with one attached hydrogen (secondary N) is 1. The number of aliphatic hydroxyl groups excluding tert-OH is 1. The maximum Gasteiger partial charge on any atom is 0.257 e. The van der Waals surface area contributed by atoms with E-state index in [-0.39, 0.29) is 5.91 Å². The van der Waals surface area contributed by atoms with Crippen LogP contribution in [-0.4, -0.2) is 16.8 Å². The number of carbonyl (C=O) groups excluding carboxylic acids is 2. The number of rotatable bonds is 5. The number of benzene rings is 3. The molecule has 130 valence electrons. The molecule has 2 N–H and O–H groups in total. The van der Waals surface area contributed by atoms with Gasteiger partial charge in [-0.1, -0.05) is 54.1 Å². The molecule has 26 heavy (non-hydrogen) atoms. The van der Waals surface area contributed by atoms with Gasteiger partial charge in [0.15, 0.2) is 5.78 Å². The molecule has 0 saturated carbocycles. The van der Waals surface area contributed by atoms with Gasteiger partial charge in [0.25, 0.3) is 5.91 Å². The number of ketones is 1. The first kappa shape index (κ1) is 17.9.